The molecule has 0 radical (unpaired) electrons. The van der Waals surface area contributed by atoms with E-state index in [0.717, 1.165) is 10.5 Å². The average molecular weight is 443 g/mol. The Morgan fingerprint density at radius 2 is 1.73 bits per heavy atom. The normalized spacial score (nSPS) is 14.0. The second kappa shape index (κ2) is 7.93. The van der Waals surface area contributed by atoms with E-state index in [-0.39, 0.29) is 0 Å². The molecule has 30 heavy (non-hydrogen) atoms. The van der Waals surface area contributed by atoms with Crippen molar-refractivity contribution in [3.63, 3.8) is 0 Å². The SMILES string of the molecule is CC(C(=O)Nc1ccnn1Cc1ccc(Cl)cc1Cl)N1C(=O)c2ccccc2C1=O. The topological polar surface area (TPSA) is 84.3 Å². The number of amides is 3. The van der Waals surface area contributed by atoms with E-state index in [1.54, 1.807) is 53.2 Å². The molecule has 1 aliphatic heterocycles. The number of hydrogen-bond donors (Lipinski definition) is 1. The van der Waals surface area contributed by atoms with Crippen molar-refractivity contribution < 1.29 is 14.4 Å². The fourth-order valence-electron chi connectivity index (χ4n) is 3.28. The Balaban J connectivity index is 1.51. The maximum Gasteiger partial charge on any atom is 0.262 e. The Kier molecular flexibility index (Phi) is 5.32. The van der Waals surface area contributed by atoms with Gasteiger partial charge in [0, 0.05) is 16.1 Å². The molecule has 9 heteroatoms. The van der Waals surface area contributed by atoms with Crippen LogP contribution in [0.15, 0.2) is 54.7 Å². The van der Waals surface area contributed by atoms with E-state index < -0.39 is 23.8 Å². The van der Waals surface area contributed by atoms with Crippen molar-refractivity contribution >= 4 is 46.7 Å². The van der Waals surface area contributed by atoms with E-state index in [9.17, 15) is 14.4 Å². The third-order valence-electron chi connectivity index (χ3n) is 4.90. The smallest absolute Gasteiger partial charge is 0.262 e. The fourth-order valence-corrected chi connectivity index (χ4v) is 3.75. The van der Waals surface area contributed by atoms with Gasteiger partial charge >= 0.3 is 0 Å². The van der Waals surface area contributed by atoms with Gasteiger partial charge in [0.1, 0.15) is 11.9 Å². The van der Waals surface area contributed by atoms with Gasteiger partial charge < -0.3 is 5.32 Å². The minimum Gasteiger partial charge on any atom is -0.309 e. The van der Waals surface area contributed by atoms with Crippen molar-refractivity contribution in [2.45, 2.75) is 19.5 Å². The molecule has 1 aliphatic rings. The Morgan fingerprint density at radius 3 is 2.37 bits per heavy atom. The van der Waals surface area contributed by atoms with Gasteiger partial charge in [-0.1, -0.05) is 41.4 Å². The molecule has 2 heterocycles. The predicted octanol–water partition coefficient (Wildman–Crippen LogP) is 3.86. The lowest BCUT2D eigenvalue weighted by Crippen LogP contribution is -2.45. The van der Waals surface area contributed by atoms with Gasteiger partial charge in [-0.15, -0.1) is 0 Å². The molecule has 0 spiro atoms. The highest BCUT2D eigenvalue weighted by atomic mass is 35.5. The Hall–Kier alpha value is -3.16. The molecule has 0 bridgehead atoms. The lowest BCUT2D eigenvalue weighted by Gasteiger charge is -2.22. The van der Waals surface area contributed by atoms with Crippen LogP contribution in [-0.2, 0) is 11.3 Å². The standard InChI is InChI=1S/C21H16Cl2N4O3/c1-12(27-20(29)15-4-2-3-5-16(15)21(27)30)19(28)25-18-8-9-24-26(18)11-13-6-7-14(22)10-17(13)23/h2-10,12H,11H2,1H3,(H,25,28). The van der Waals surface area contributed by atoms with Crippen molar-refractivity contribution in [1.82, 2.24) is 14.7 Å². The third-order valence-corrected chi connectivity index (χ3v) is 5.48. The van der Waals surface area contributed by atoms with E-state index in [1.807, 2.05) is 0 Å². The number of imide groups is 1. The van der Waals surface area contributed by atoms with Crippen LogP contribution in [0.1, 0.15) is 33.2 Å². The quantitative estimate of drug-likeness (QED) is 0.607. The molecule has 0 saturated heterocycles. The van der Waals surface area contributed by atoms with Crippen molar-refractivity contribution in [2.24, 2.45) is 0 Å². The first-order valence-electron chi connectivity index (χ1n) is 9.10. The summed E-state index contributed by atoms with van der Waals surface area (Å²) in [6, 6.07) is 12.3. The zero-order valence-electron chi connectivity index (χ0n) is 15.8. The molecule has 0 saturated carbocycles. The molecule has 1 aromatic heterocycles. The van der Waals surface area contributed by atoms with Crippen molar-refractivity contribution in [1.29, 1.82) is 0 Å². The second-order valence-corrected chi connectivity index (χ2v) is 7.64. The predicted molar refractivity (Wildman–Crippen MR) is 113 cm³/mol. The van der Waals surface area contributed by atoms with Crippen LogP contribution in [0, 0.1) is 0 Å². The lowest BCUT2D eigenvalue weighted by molar-refractivity contribution is -0.119. The number of carbonyl (C=O) groups is 3. The minimum atomic E-state index is -1.00. The largest absolute Gasteiger partial charge is 0.309 e. The van der Waals surface area contributed by atoms with Crippen LogP contribution in [0.25, 0.3) is 0 Å². The summed E-state index contributed by atoms with van der Waals surface area (Å²) in [6.45, 7) is 1.81. The van der Waals surface area contributed by atoms with Gasteiger partial charge in [0.2, 0.25) is 5.91 Å². The number of carbonyl (C=O) groups excluding carboxylic acids is 3. The van der Waals surface area contributed by atoms with Crippen LogP contribution < -0.4 is 5.32 Å². The molecule has 2 aromatic carbocycles. The number of hydrogen-bond acceptors (Lipinski definition) is 4. The summed E-state index contributed by atoms with van der Waals surface area (Å²) in [5.41, 5.74) is 1.36. The van der Waals surface area contributed by atoms with Crippen LogP contribution in [0.4, 0.5) is 5.82 Å². The molecule has 7 nitrogen and oxygen atoms in total. The maximum absolute atomic E-state index is 12.8. The first-order valence-corrected chi connectivity index (χ1v) is 9.86. The number of halogens is 2. The van der Waals surface area contributed by atoms with Crippen LogP contribution in [-0.4, -0.2) is 38.4 Å². The fraction of sp³-hybridized carbons (Fsp3) is 0.143. The molecular formula is C21H16Cl2N4O3. The Morgan fingerprint density at radius 1 is 1.07 bits per heavy atom. The lowest BCUT2D eigenvalue weighted by atomic mass is 10.1. The highest BCUT2D eigenvalue weighted by Gasteiger charge is 2.40. The summed E-state index contributed by atoms with van der Waals surface area (Å²) < 4.78 is 1.56. The Labute approximate surface area is 182 Å². The number of aromatic nitrogens is 2. The van der Waals surface area contributed by atoms with E-state index in [4.69, 9.17) is 23.2 Å². The highest BCUT2D eigenvalue weighted by molar-refractivity contribution is 6.35. The van der Waals surface area contributed by atoms with Crippen molar-refractivity contribution in [2.75, 3.05) is 5.32 Å². The van der Waals surface area contributed by atoms with Crippen LogP contribution in [0.5, 0.6) is 0 Å². The van der Waals surface area contributed by atoms with Gasteiger partial charge in [-0.2, -0.15) is 5.10 Å². The molecule has 1 N–H and O–H groups in total. The van der Waals surface area contributed by atoms with E-state index in [0.29, 0.717) is 33.5 Å². The highest BCUT2D eigenvalue weighted by Crippen LogP contribution is 2.26. The summed E-state index contributed by atoms with van der Waals surface area (Å²) in [5, 5.41) is 7.94. The second-order valence-electron chi connectivity index (χ2n) is 6.80. The number of nitrogens with one attached hydrogen (secondary N) is 1. The van der Waals surface area contributed by atoms with E-state index in [1.165, 1.54) is 13.1 Å². The molecule has 0 fully saturated rings. The Bertz CT molecular complexity index is 1140. The molecule has 1 atom stereocenters. The molecule has 3 amide bonds. The van der Waals surface area contributed by atoms with E-state index >= 15 is 0 Å². The maximum atomic E-state index is 12.8. The number of benzene rings is 2. The van der Waals surface area contributed by atoms with Gasteiger partial charge in [-0.05, 0) is 36.8 Å². The summed E-state index contributed by atoms with van der Waals surface area (Å²) in [6.07, 6.45) is 1.53. The van der Waals surface area contributed by atoms with Crippen LogP contribution in [0.3, 0.4) is 0 Å². The zero-order chi connectivity index (χ0) is 21.4. The minimum absolute atomic E-state index is 0.296. The number of rotatable bonds is 5. The average Bonchev–Trinajstić information content (AvgIpc) is 3.26. The first kappa shape index (κ1) is 20.1. The van der Waals surface area contributed by atoms with Crippen LogP contribution >= 0.6 is 23.2 Å². The number of nitrogens with zero attached hydrogens (tertiary/aromatic N) is 3. The van der Waals surface area contributed by atoms with Gasteiger partial charge in [-0.3, -0.25) is 19.3 Å². The van der Waals surface area contributed by atoms with Gasteiger partial charge in [0.25, 0.3) is 11.8 Å². The monoisotopic (exact) mass is 442 g/mol. The molecule has 0 aliphatic carbocycles. The molecule has 152 valence electrons. The molecular weight excluding hydrogens is 427 g/mol. The van der Waals surface area contributed by atoms with Crippen LogP contribution in [0.2, 0.25) is 10.0 Å². The van der Waals surface area contributed by atoms with Gasteiger partial charge in [0.15, 0.2) is 0 Å². The zero-order valence-corrected chi connectivity index (χ0v) is 17.3. The third kappa shape index (κ3) is 3.58. The van der Waals surface area contributed by atoms with Gasteiger partial charge in [-0.25, -0.2) is 4.68 Å². The molecule has 4 rings (SSSR count). The molecule has 3 aromatic rings. The number of fused-ring (bicyclic) bond motifs is 1. The van der Waals surface area contributed by atoms with Crippen molar-refractivity contribution in [3.05, 3.63) is 81.5 Å². The number of anilines is 1. The summed E-state index contributed by atoms with van der Waals surface area (Å²) in [5.74, 6) is -1.07. The van der Waals surface area contributed by atoms with E-state index in [2.05, 4.69) is 10.4 Å². The molecule has 1 unspecified atom stereocenters. The van der Waals surface area contributed by atoms with Crippen molar-refractivity contribution in [3.8, 4) is 0 Å². The summed E-state index contributed by atoms with van der Waals surface area (Å²) in [4.78, 5) is 39.0. The van der Waals surface area contributed by atoms with Gasteiger partial charge in [0.05, 0.1) is 23.9 Å². The first-order chi connectivity index (χ1) is 14.4. The summed E-state index contributed by atoms with van der Waals surface area (Å²) >= 11 is 12.2. The summed E-state index contributed by atoms with van der Waals surface area (Å²) in [7, 11) is 0.